The first-order valence-corrected chi connectivity index (χ1v) is 6.57. The van der Waals surface area contributed by atoms with Gasteiger partial charge in [0.1, 0.15) is 0 Å². The number of carbonyl (C=O) groups is 1. The van der Waals surface area contributed by atoms with Crippen molar-refractivity contribution in [2.24, 2.45) is 5.73 Å². The Balaban J connectivity index is 1.94. The molecule has 2 aromatic rings. The van der Waals surface area contributed by atoms with Crippen molar-refractivity contribution in [2.75, 3.05) is 0 Å². The number of halogens is 2. The summed E-state index contributed by atoms with van der Waals surface area (Å²) in [4.78, 5) is 11.8. The number of amides is 1. The minimum absolute atomic E-state index is 0.00198. The third kappa shape index (κ3) is 4.10. The van der Waals surface area contributed by atoms with Crippen LogP contribution in [0, 0.1) is 11.6 Å². The van der Waals surface area contributed by atoms with E-state index < -0.39 is 11.6 Å². The molecule has 110 valence electrons. The quantitative estimate of drug-likeness (QED) is 0.887. The largest absolute Gasteiger partial charge is 0.352 e. The van der Waals surface area contributed by atoms with Crippen LogP contribution in [0.5, 0.6) is 0 Å². The molecule has 0 spiro atoms. The predicted octanol–water partition coefficient (Wildman–Crippen LogP) is 2.28. The number of hydrogen-bond acceptors (Lipinski definition) is 2. The summed E-state index contributed by atoms with van der Waals surface area (Å²) < 4.78 is 25.9. The van der Waals surface area contributed by atoms with Crippen LogP contribution in [0.1, 0.15) is 16.7 Å². The maximum Gasteiger partial charge on any atom is 0.224 e. The standard InChI is InChI=1S/C16H16F2N2O/c17-14-6-5-11(7-15(14)18)8-16(21)20-10-13-4-2-1-3-12(13)9-19/h1-7H,8-10,19H2,(H,20,21). The molecule has 0 unspecified atom stereocenters. The van der Waals surface area contributed by atoms with E-state index in [-0.39, 0.29) is 12.3 Å². The van der Waals surface area contributed by atoms with Gasteiger partial charge in [-0.15, -0.1) is 0 Å². The lowest BCUT2D eigenvalue weighted by molar-refractivity contribution is -0.120. The average molecular weight is 290 g/mol. The van der Waals surface area contributed by atoms with Gasteiger partial charge in [0.05, 0.1) is 6.42 Å². The molecule has 0 aliphatic carbocycles. The van der Waals surface area contributed by atoms with Gasteiger partial charge in [0.15, 0.2) is 11.6 Å². The lowest BCUT2D eigenvalue weighted by atomic mass is 10.1. The van der Waals surface area contributed by atoms with E-state index in [1.807, 2.05) is 24.3 Å². The summed E-state index contributed by atoms with van der Waals surface area (Å²) in [5, 5.41) is 2.75. The highest BCUT2D eigenvalue weighted by Gasteiger charge is 2.08. The Morgan fingerprint density at radius 2 is 1.76 bits per heavy atom. The minimum atomic E-state index is -0.950. The Morgan fingerprint density at radius 1 is 1.05 bits per heavy atom. The van der Waals surface area contributed by atoms with Gasteiger partial charge in [0.2, 0.25) is 5.91 Å². The number of rotatable bonds is 5. The first-order valence-electron chi connectivity index (χ1n) is 6.57. The van der Waals surface area contributed by atoms with E-state index >= 15 is 0 Å². The lowest BCUT2D eigenvalue weighted by Crippen LogP contribution is -2.25. The van der Waals surface area contributed by atoms with Crippen molar-refractivity contribution in [1.82, 2.24) is 5.32 Å². The third-order valence-electron chi connectivity index (χ3n) is 3.16. The summed E-state index contributed by atoms with van der Waals surface area (Å²) in [6, 6.07) is 11.0. The summed E-state index contributed by atoms with van der Waals surface area (Å²) in [6.07, 6.45) is 0.00198. The van der Waals surface area contributed by atoms with Crippen molar-refractivity contribution in [2.45, 2.75) is 19.5 Å². The van der Waals surface area contributed by atoms with Crippen LogP contribution in [0.3, 0.4) is 0 Å². The zero-order chi connectivity index (χ0) is 15.2. The fourth-order valence-electron chi connectivity index (χ4n) is 2.02. The van der Waals surface area contributed by atoms with Crippen molar-refractivity contribution in [3.63, 3.8) is 0 Å². The molecule has 5 heteroatoms. The zero-order valence-electron chi connectivity index (χ0n) is 11.4. The maximum absolute atomic E-state index is 13.1. The van der Waals surface area contributed by atoms with Crippen molar-refractivity contribution in [3.05, 3.63) is 70.8 Å². The molecule has 0 fully saturated rings. The molecule has 21 heavy (non-hydrogen) atoms. The van der Waals surface area contributed by atoms with Gasteiger partial charge in [-0.25, -0.2) is 8.78 Å². The van der Waals surface area contributed by atoms with Gasteiger partial charge >= 0.3 is 0 Å². The second-order valence-corrected chi connectivity index (χ2v) is 4.67. The number of hydrogen-bond donors (Lipinski definition) is 2. The monoisotopic (exact) mass is 290 g/mol. The lowest BCUT2D eigenvalue weighted by Gasteiger charge is -2.09. The van der Waals surface area contributed by atoms with E-state index in [4.69, 9.17) is 5.73 Å². The fourth-order valence-corrected chi connectivity index (χ4v) is 2.02. The molecule has 2 aromatic carbocycles. The van der Waals surface area contributed by atoms with E-state index in [1.54, 1.807) is 0 Å². The molecule has 0 saturated heterocycles. The molecule has 0 heterocycles. The zero-order valence-corrected chi connectivity index (χ0v) is 11.4. The molecule has 3 nitrogen and oxygen atoms in total. The van der Waals surface area contributed by atoms with Crippen LogP contribution < -0.4 is 11.1 Å². The predicted molar refractivity (Wildman–Crippen MR) is 76.2 cm³/mol. The van der Waals surface area contributed by atoms with Crippen LogP contribution >= 0.6 is 0 Å². The van der Waals surface area contributed by atoms with E-state index in [2.05, 4.69) is 5.32 Å². The van der Waals surface area contributed by atoms with Crippen LogP contribution in [0.25, 0.3) is 0 Å². The fraction of sp³-hybridized carbons (Fsp3) is 0.188. The highest BCUT2D eigenvalue weighted by Crippen LogP contribution is 2.10. The number of nitrogens with two attached hydrogens (primary N) is 1. The third-order valence-corrected chi connectivity index (χ3v) is 3.16. The molecular formula is C16H16F2N2O. The van der Waals surface area contributed by atoms with E-state index in [0.29, 0.717) is 18.7 Å². The van der Waals surface area contributed by atoms with Gasteiger partial charge in [-0.05, 0) is 28.8 Å². The highest BCUT2D eigenvalue weighted by atomic mass is 19.2. The highest BCUT2D eigenvalue weighted by molar-refractivity contribution is 5.78. The Kier molecular flexibility index (Phi) is 5.00. The smallest absolute Gasteiger partial charge is 0.224 e. The second-order valence-electron chi connectivity index (χ2n) is 4.67. The Bertz CT molecular complexity index is 644. The Hall–Kier alpha value is -2.27. The number of benzene rings is 2. The van der Waals surface area contributed by atoms with Crippen molar-refractivity contribution in [3.8, 4) is 0 Å². The number of carbonyl (C=O) groups excluding carboxylic acids is 1. The van der Waals surface area contributed by atoms with Gasteiger partial charge < -0.3 is 11.1 Å². The first kappa shape index (κ1) is 15.1. The van der Waals surface area contributed by atoms with Crippen LogP contribution in [0.4, 0.5) is 8.78 Å². The topological polar surface area (TPSA) is 55.1 Å². The molecule has 0 bridgehead atoms. The minimum Gasteiger partial charge on any atom is -0.352 e. The normalized spacial score (nSPS) is 10.4. The first-order chi connectivity index (χ1) is 10.1. The molecule has 1 amide bonds. The van der Waals surface area contributed by atoms with Crippen molar-refractivity contribution >= 4 is 5.91 Å². The van der Waals surface area contributed by atoms with Crippen LogP contribution in [0.15, 0.2) is 42.5 Å². The summed E-state index contributed by atoms with van der Waals surface area (Å²) in [5.74, 6) is -2.13. The Morgan fingerprint density at radius 3 is 2.43 bits per heavy atom. The van der Waals surface area contributed by atoms with Gasteiger partial charge in [-0.3, -0.25) is 4.79 Å². The maximum atomic E-state index is 13.1. The second kappa shape index (κ2) is 6.95. The van der Waals surface area contributed by atoms with Gasteiger partial charge in [-0.2, -0.15) is 0 Å². The molecule has 0 radical (unpaired) electrons. The van der Waals surface area contributed by atoms with Gasteiger partial charge in [-0.1, -0.05) is 30.3 Å². The molecule has 0 aliphatic rings. The summed E-state index contributed by atoms with van der Waals surface area (Å²) in [6.45, 7) is 0.755. The van der Waals surface area contributed by atoms with Gasteiger partial charge in [0, 0.05) is 13.1 Å². The number of nitrogens with one attached hydrogen (secondary N) is 1. The van der Waals surface area contributed by atoms with E-state index in [1.165, 1.54) is 6.07 Å². The molecule has 0 aliphatic heterocycles. The van der Waals surface area contributed by atoms with Crippen LogP contribution in [-0.4, -0.2) is 5.91 Å². The average Bonchev–Trinajstić information content (AvgIpc) is 2.49. The molecule has 0 aromatic heterocycles. The molecule has 0 saturated carbocycles. The van der Waals surface area contributed by atoms with Gasteiger partial charge in [0.25, 0.3) is 0 Å². The summed E-state index contributed by atoms with van der Waals surface area (Å²) in [7, 11) is 0. The summed E-state index contributed by atoms with van der Waals surface area (Å²) >= 11 is 0. The van der Waals surface area contributed by atoms with Crippen molar-refractivity contribution < 1.29 is 13.6 Å². The van der Waals surface area contributed by atoms with E-state index in [0.717, 1.165) is 23.3 Å². The van der Waals surface area contributed by atoms with Crippen LogP contribution in [0.2, 0.25) is 0 Å². The molecular weight excluding hydrogens is 274 g/mol. The molecule has 0 atom stereocenters. The SMILES string of the molecule is NCc1ccccc1CNC(=O)Cc1ccc(F)c(F)c1. The molecule has 2 rings (SSSR count). The Labute approximate surface area is 121 Å². The summed E-state index contributed by atoms with van der Waals surface area (Å²) in [5.41, 5.74) is 7.96. The van der Waals surface area contributed by atoms with Crippen molar-refractivity contribution in [1.29, 1.82) is 0 Å². The van der Waals surface area contributed by atoms with Crippen LogP contribution in [-0.2, 0) is 24.3 Å². The molecule has 3 N–H and O–H groups in total. The van der Waals surface area contributed by atoms with E-state index in [9.17, 15) is 13.6 Å².